The molecule has 1 saturated heterocycles. The number of rotatable bonds is 5. The average molecular weight is 391 g/mol. The van der Waals surface area contributed by atoms with E-state index in [1.165, 1.54) is 12.1 Å². The molecule has 0 saturated carbocycles. The van der Waals surface area contributed by atoms with Crippen molar-refractivity contribution in [1.82, 2.24) is 9.80 Å². The predicted molar refractivity (Wildman–Crippen MR) is 103 cm³/mol. The smallest absolute Gasteiger partial charge is 0.325 e. The molecule has 0 bridgehead atoms. The van der Waals surface area contributed by atoms with Crippen LogP contribution in [0.25, 0.3) is 0 Å². The predicted octanol–water partition coefficient (Wildman–Crippen LogP) is 3.85. The van der Waals surface area contributed by atoms with E-state index in [0.717, 1.165) is 11.8 Å². The van der Waals surface area contributed by atoms with Crippen LogP contribution in [0, 0.1) is 0 Å². The highest BCUT2D eigenvalue weighted by atomic mass is 19.4. The van der Waals surface area contributed by atoms with Crippen LogP contribution in [0.1, 0.15) is 18.1 Å². The van der Waals surface area contributed by atoms with Crippen molar-refractivity contribution in [3.05, 3.63) is 65.7 Å². The zero-order chi connectivity index (χ0) is 20.1. The number of piperazine rings is 1. The highest BCUT2D eigenvalue weighted by Gasteiger charge is 2.31. The molecule has 0 radical (unpaired) electrons. The van der Waals surface area contributed by atoms with Crippen LogP contribution < -0.4 is 5.32 Å². The van der Waals surface area contributed by atoms with E-state index in [4.69, 9.17) is 0 Å². The molecule has 28 heavy (non-hydrogen) atoms. The molecule has 4 nitrogen and oxygen atoms in total. The van der Waals surface area contributed by atoms with Gasteiger partial charge in [0.05, 0.1) is 11.6 Å². The lowest BCUT2D eigenvalue weighted by molar-refractivity contribution is -0.137. The third kappa shape index (κ3) is 5.33. The molecule has 1 unspecified atom stereocenters. The molecule has 1 heterocycles. The van der Waals surface area contributed by atoms with Gasteiger partial charge in [-0.05, 0) is 30.7 Å². The number of hydrogen-bond acceptors (Lipinski definition) is 3. The van der Waals surface area contributed by atoms with Crippen LogP contribution >= 0.6 is 0 Å². The van der Waals surface area contributed by atoms with E-state index < -0.39 is 11.7 Å². The molecule has 0 aliphatic carbocycles. The van der Waals surface area contributed by atoms with E-state index in [1.807, 2.05) is 37.3 Å². The average Bonchev–Trinajstić information content (AvgIpc) is 2.68. The number of nitrogens with one attached hydrogen (secondary N) is 1. The summed E-state index contributed by atoms with van der Waals surface area (Å²) in [4.78, 5) is 16.7. The first kappa shape index (κ1) is 20.4. The molecule has 7 heteroatoms. The summed E-state index contributed by atoms with van der Waals surface area (Å²) in [5, 5.41) is 2.91. The summed E-state index contributed by atoms with van der Waals surface area (Å²) in [7, 11) is 0. The molecule has 1 atom stereocenters. The Bertz CT molecular complexity index is 787. The molecular weight excluding hydrogens is 367 g/mol. The van der Waals surface area contributed by atoms with Gasteiger partial charge in [-0.1, -0.05) is 36.4 Å². The first-order valence-corrected chi connectivity index (χ1v) is 9.31. The lowest BCUT2D eigenvalue weighted by atomic mass is 10.1. The van der Waals surface area contributed by atoms with Gasteiger partial charge in [-0.15, -0.1) is 0 Å². The number of carbonyl (C=O) groups is 1. The molecule has 0 spiro atoms. The number of amides is 1. The topological polar surface area (TPSA) is 35.6 Å². The largest absolute Gasteiger partial charge is 0.416 e. The van der Waals surface area contributed by atoms with Gasteiger partial charge in [-0.25, -0.2) is 0 Å². The zero-order valence-electron chi connectivity index (χ0n) is 15.7. The number of benzene rings is 2. The van der Waals surface area contributed by atoms with Gasteiger partial charge in [0, 0.05) is 38.4 Å². The van der Waals surface area contributed by atoms with Crippen LogP contribution in [0.5, 0.6) is 0 Å². The van der Waals surface area contributed by atoms with Crippen molar-refractivity contribution < 1.29 is 18.0 Å². The number of carbonyl (C=O) groups excluding carboxylic acids is 1. The fourth-order valence-corrected chi connectivity index (χ4v) is 3.35. The fraction of sp³-hybridized carbons (Fsp3) is 0.381. The SMILES string of the molecule is CC(C(=O)Nc1ccccc1)N1CCN(Cc2cccc(C(F)(F)F)c2)CC1. The molecule has 150 valence electrons. The molecule has 1 amide bonds. The van der Waals surface area contributed by atoms with E-state index in [2.05, 4.69) is 15.1 Å². The highest BCUT2D eigenvalue weighted by molar-refractivity contribution is 5.94. The first-order valence-electron chi connectivity index (χ1n) is 9.31. The second-order valence-electron chi connectivity index (χ2n) is 7.04. The van der Waals surface area contributed by atoms with E-state index in [1.54, 1.807) is 6.07 Å². The number of alkyl halides is 3. The Labute approximate surface area is 162 Å². The molecule has 2 aromatic rings. The monoisotopic (exact) mass is 391 g/mol. The molecule has 1 N–H and O–H groups in total. The molecule has 1 aliphatic rings. The van der Waals surface area contributed by atoms with Crippen molar-refractivity contribution in [2.45, 2.75) is 25.7 Å². The van der Waals surface area contributed by atoms with Crippen molar-refractivity contribution in [3.8, 4) is 0 Å². The Hall–Kier alpha value is -2.38. The number of nitrogens with zero attached hydrogens (tertiary/aromatic N) is 2. The van der Waals surface area contributed by atoms with Crippen LogP contribution in [-0.2, 0) is 17.5 Å². The normalized spacial score (nSPS) is 17.3. The van der Waals surface area contributed by atoms with Gasteiger partial charge in [0.1, 0.15) is 0 Å². The van der Waals surface area contributed by atoms with Crippen LogP contribution in [0.15, 0.2) is 54.6 Å². The number of para-hydroxylation sites is 1. The Balaban J connectivity index is 1.51. The Morgan fingerprint density at radius 1 is 1.04 bits per heavy atom. The fourth-order valence-electron chi connectivity index (χ4n) is 3.35. The van der Waals surface area contributed by atoms with Gasteiger partial charge in [0.25, 0.3) is 0 Å². The molecule has 1 aliphatic heterocycles. The van der Waals surface area contributed by atoms with Gasteiger partial charge in [-0.2, -0.15) is 13.2 Å². The quantitative estimate of drug-likeness (QED) is 0.841. The number of anilines is 1. The van der Waals surface area contributed by atoms with Crippen LogP contribution in [0.4, 0.5) is 18.9 Å². The standard InChI is InChI=1S/C21H24F3N3O/c1-16(20(28)25-19-8-3-2-4-9-19)27-12-10-26(11-13-27)15-17-6-5-7-18(14-17)21(22,23)24/h2-9,14,16H,10-13,15H2,1H3,(H,25,28). The third-order valence-corrected chi connectivity index (χ3v) is 5.04. The summed E-state index contributed by atoms with van der Waals surface area (Å²) in [5.41, 5.74) is 0.801. The summed E-state index contributed by atoms with van der Waals surface area (Å²) in [6.45, 7) is 5.16. The molecular formula is C21H24F3N3O. The summed E-state index contributed by atoms with van der Waals surface area (Å²) >= 11 is 0. The van der Waals surface area contributed by atoms with Crippen molar-refractivity contribution in [1.29, 1.82) is 0 Å². The molecule has 1 fully saturated rings. The van der Waals surface area contributed by atoms with E-state index in [9.17, 15) is 18.0 Å². The van der Waals surface area contributed by atoms with Gasteiger partial charge >= 0.3 is 6.18 Å². The molecule has 2 aromatic carbocycles. The molecule has 0 aromatic heterocycles. The second-order valence-corrected chi connectivity index (χ2v) is 7.04. The molecule has 3 rings (SSSR count). The van der Waals surface area contributed by atoms with Gasteiger partial charge in [0.2, 0.25) is 5.91 Å². The summed E-state index contributed by atoms with van der Waals surface area (Å²) < 4.78 is 38.6. The van der Waals surface area contributed by atoms with Gasteiger partial charge in [0.15, 0.2) is 0 Å². The van der Waals surface area contributed by atoms with Crippen LogP contribution in [-0.4, -0.2) is 47.9 Å². The lowest BCUT2D eigenvalue weighted by Gasteiger charge is -2.37. The zero-order valence-corrected chi connectivity index (χ0v) is 15.7. The van der Waals surface area contributed by atoms with Crippen molar-refractivity contribution >= 4 is 11.6 Å². The van der Waals surface area contributed by atoms with Crippen molar-refractivity contribution in [2.24, 2.45) is 0 Å². The Morgan fingerprint density at radius 2 is 1.71 bits per heavy atom. The summed E-state index contributed by atoms with van der Waals surface area (Å²) in [6, 6.07) is 14.5. The van der Waals surface area contributed by atoms with Gasteiger partial charge < -0.3 is 5.32 Å². The van der Waals surface area contributed by atoms with E-state index >= 15 is 0 Å². The van der Waals surface area contributed by atoms with Crippen molar-refractivity contribution in [2.75, 3.05) is 31.5 Å². The second kappa shape index (κ2) is 8.75. The Kier molecular flexibility index (Phi) is 6.36. The third-order valence-electron chi connectivity index (χ3n) is 5.04. The van der Waals surface area contributed by atoms with Crippen molar-refractivity contribution in [3.63, 3.8) is 0 Å². The number of hydrogen-bond donors (Lipinski definition) is 1. The van der Waals surface area contributed by atoms with E-state index in [0.29, 0.717) is 38.3 Å². The maximum atomic E-state index is 12.9. The highest BCUT2D eigenvalue weighted by Crippen LogP contribution is 2.29. The van der Waals surface area contributed by atoms with Crippen LogP contribution in [0.3, 0.4) is 0 Å². The minimum atomic E-state index is -4.32. The first-order chi connectivity index (χ1) is 13.3. The Morgan fingerprint density at radius 3 is 2.36 bits per heavy atom. The summed E-state index contributed by atoms with van der Waals surface area (Å²) in [5.74, 6) is -0.0578. The minimum Gasteiger partial charge on any atom is -0.325 e. The number of halogens is 3. The van der Waals surface area contributed by atoms with Gasteiger partial charge in [-0.3, -0.25) is 14.6 Å². The van der Waals surface area contributed by atoms with E-state index in [-0.39, 0.29) is 11.9 Å². The van der Waals surface area contributed by atoms with Crippen LogP contribution in [0.2, 0.25) is 0 Å². The maximum absolute atomic E-state index is 12.9. The lowest BCUT2D eigenvalue weighted by Crippen LogP contribution is -2.52. The summed E-state index contributed by atoms with van der Waals surface area (Å²) in [6.07, 6.45) is -4.32. The minimum absolute atomic E-state index is 0.0578. The maximum Gasteiger partial charge on any atom is 0.416 e.